The quantitative estimate of drug-likeness (QED) is 0.864. The number of ether oxygens (including phenoxy) is 3. The zero-order valence-corrected chi connectivity index (χ0v) is 12.8. The second kappa shape index (κ2) is 5.22. The number of benzene rings is 1. The fourth-order valence-corrected chi connectivity index (χ4v) is 3.42. The second-order valence-corrected chi connectivity index (χ2v) is 6.04. The molecule has 1 unspecified atom stereocenters. The lowest BCUT2D eigenvalue weighted by Gasteiger charge is -2.45. The number of hydrogen-bond donors (Lipinski definition) is 2. The first kappa shape index (κ1) is 15.3. The van der Waals surface area contributed by atoms with Crippen molar-refractivity contribution >= 4 is 5.78 Å². The molecule has 1 aromatic rings. The lowest BCUT2D eigenvalue weighted by molar-refractivity contribution is -0.257. The molecule has 0 radical (unpaired) electrons. The molecule has 120 valence electrons. The molecule has 1 aromatic carbocycles. The number of carbonyl (C=O) groups is 1. The van der Waals surface area contributed by atoms with Gasteiger partial charge >= 0.3 is 0 Å². The summed E-state index contributed by atoms with van der Waals surface area (Å²) < 4.78 is 16.1. The van der Waals surface area contributed by atoms with E-state index < -0.39 is 17.8 Å². The number of phenolic OH excluding ortho intramolecular Hbond substituents is 1. The van der Waals surface area contributed by atoms with E-state index in [1.54, 1.807) is 20.1 Å². The van der Waals surface area contributed by atoms with Crippen molar-refractivity contribution in [3.63, 3.8) is 0 Å². The maximum Gasteiger partial charge on any atom is 0.172 e. The van der Waals surface area contributed by atoms with Gasteiger partial charge in [-0.15, -0.1) is 0 Å². The Bertz CT molecular complexity index is 613. The highest BCUT2D eigenvalue weighted by Crippen LogP contribution is 2.48. The molecule has 6 heteroatoms. The van der Waals surface area contributed by atoms with Crippen LogP contribution in [-0.2, 0) is 9.47 Å². The summed E-state index contributed by atoms with van der Waals surface area (Å²) in [5.41, 5.74) is 0.572. The number of aromatic hydroxyl groups is 1. The SMILES string of the molecule is COc1cc(O)c2c(c1)[C@H](O)[C@@H]1C[C@@](C)(OC)OCC1C2=O. The Kier molecular flexibility index (Phi) is 3.63. The van der Waals surface area contributed by atoms with Crippen molar-refractivity contribution in [1.82, 2.24) is 0 Å². The van der Waals surface area contributed by atoms with E-state index in [0.717, 1.165) is 0 Å². The molecule has 6 nitrogen and oxygen atoms in total. The van der Waals surface area contributed by atoms with Crippen LogP contribution in [0.4, 0.5) is 0 Å². The molecule has 2 aliphatic rings. The Hall–Kier alpha value is -1.63. The number of phenols is 1. The molecule has 0 amide bonds. The van der Waals surface area contributed by atoms with Gasteiger partial charge in [0.1, 0.15) is 11.5 Å². The minimum Gasteiger partial charge on any atom is -0.507 e. The molecule has 2 N–H and O–H groups in total. The molecular formula is C16H20O6. The van der Waals surface area contributed by atoms with E-state index >= 15 is 0 Å². The number of ketones is 1. The standard InChI is InChI=1S/C16H20O6/c1-16(21-3)6-10-11(7-22-16)15(19)13-9(14(10)18)4-8(20-2)5-12(13)17/h4-5,10-11,14,17-18H,6-7H2,1-3H3/t10-,11?,14+,16+/m1/s1. The topological polar surface area (TPSA) is 85.2 Å². The van der Waals surface area contributed by atoms with Crippen LogP contribution in [0.3, 0.4) is 0 Å². The summed E-state index contributed by atoms with van der Waals surface area (Å²) in [6.07, 6.45) is -0.476. The van der Waals surface area contributed by atoms with Gasteiger partial charge < -0.3 is 24.4 Å². The van der Waals surface area contributed by atoms with E-state index in [2.05, 4.69) is 0 Å². The van der Waals surface area contributed by atoms with Crippen LogP contribution in [0.25, 0.3) is 0 Å². The Morgan fingerprint density at radius 1 is 1.36 bits per heavy atom. The summed E-state index contributed by atoms with van der Waals surface area (Å²) in [4.78, 5) is 12.7. The first-order chi connectivity index (χ1) is 10.4. The number of aliphatic hydroxyl groups excluding tert-OH is 1. The third-order valence-corrected chi connectivity index (χ3v) is 4.79. The molecule has 1 aliphatic heterocycles. The third kappa shape index (κ3) is 2.18. The summed E-state index contributed by atoms with van der Waals surface area (Å²) in [7, 11) is 3.01. The summed E-state index contributed by atoms with van der Waals surface area (Å²) >= 11 is 0. The third-order valence-electron chi connectivity index (χ3n) is 4.79. The highest BCUT2D eigenvalue weighted by molar-refractivity contribution is 6.03. The van der Waals surface area contributed by atoms with Gasteiger partial charge in [0.25, 0.3) is 0 Å². The van der Waals surface area contributed by atoms with E-state index in [9.17, 15) is 15.0 Å². The van der Waals surface area contributed by atoms with Crippen molar-refractivity contribution in [2.75, 3.05) is 20.8 Å². The molecule has 0 aromatic heterocycles. The van der Waals surface area contributed by atoms with Crippen LogP contribution in [0.1, 0.15) is 35.4 Å². The van der Waals surface area contributed by atoms with Gasteiger partial charge in [0.15, 0.2) is 11.6 Å². The average Bonchev–Trinajstić information content (AvgIpc) is 2.51. The molecule has 1 aliphatic carbocycles. The van der Waals surface area contributed by atoms with Gasteiger partial charge in [-0.3, -0.25) is 4.79 Å². The number of Topliss-reactive ketones (excluding diaryl/α,β-unsaturated/α-hetero) is 1. The summed E-state index contributed by atoms with van der Waals surface area (Å²) in [6, 6.07) is 2.99. The first-order valence-electron chi connectivity index (χ1n) is 7.22. The smallest absolute Gasteiger partial charge is 0.172 e. The van der Waals surface area contributed by atoms with Gasteiger partial charge in [-0.25, -0.2) is 0 Å². The molecular weight excluding hydrogens is 288 g/mol. The van der Waals surface area contributed by atoms with Crippen molar-refractivity contribution in [2.24, 2.45) is 11.8 Å². The summed E-state index contributed by atoms with van der Waals surface area (Å²) in [6.45, 7) is 1.95. The maximum absolute atomic E-state index is 12.7. The van der Waals surface area contributed by atoms with Crippen molar-refractivity contribution in [1.29, 1.82) is 0 Å². The molecule has 1 fully saturated rings. The van der Waals surface area contributed by atoms with Gasteiger partial charge in [-0.05, 0) is 18.6 Å². The van der Waals surface area contributed by atoms with Crippen LogP contribution in [0.2, 0.25) is 0 Å². The van der Waals surface area contributed by atoms with Crippen molar-refractivity contribution in [3.05, 3.63) is 23.3 Å². The fourth-order valence-electron chi connectivity index (χ4n) is 3.42. The van der Waals surface area contributed by atoms with Crippen LogP contribution >= 0.6 is 0 Å². The highest BCUT2D eigenvalue weighted by Gasteiger charge is 2.50. The van der Waals surface area contributed by atoms with Gasteiger partial charge in [0.2, 0.25) is 0 Å². The van der Waals surface area contributed by atoms with Gasteiger partial charge in [-0.2, -0.15) is 0 Å². The Balaban J connectivity index is 2.06. The number of aliphatic hydroxyl groups is 1. The van der Waals surface area contributed by atoms with E-state index in [0.29, 0.717) is 17.7 Å². The molecule has 0 bridgehead atoms. The summed E-state index contributed by atoms with van der Waals surface area (Å²) in [5, 5.41) is 20.8. The Morgan fingerprint density at radius 2 is 2.09 bits per heavy atom. The lowest BCUT2D eigenvalue weighted by Crippen LogP contribution is -2.49. The maximum atomic E-state index is 12.7. The molecule has 0 spiro atoms. The minimum atomic E-state index is -0.878. The van der Waals surface area contributed by atoms with Crippen LogP contribution in [0, 0.1) is 11.8 Å². The monoisotopic (exact) mass is 308 g/mol. The van der Waals surface area contributed by atoms with Gasteiger partial charge in [-0.1, -0.05) is 0 Å². The largest absolute Gasteiger partial charge is 0.507 e. The fraction of sp³-hybridized carbons (Fsp3) is 0.562. The van der Waals surface area contributed by atoms with E-state index in [-0.39, 0.29) is 29.6 Å². The number of carbonyl (C=O) groups excluding carboxylic acids is 1. The van der Waals surface area contributed by atoms with Crippen molar-refractivity contribution < 1.29 is 29.2 Å². The Morgan fingerprint density at radius 3 is 2.73 bits per heavy atom. The number of rotatable bonds is 2. The van der Waals surface area contributed by atoms with E-state index in [1.807, 2.05) is 0 Å². The average molecular weight is 308 g/mol. The molecule has 4 atom stereocenters. The predicted molar refractivity (Wildman–Crippen MR) is 76.9 cm³/mol. The molecule has 22 heavy (non-hydrogen) atoms. The van der Waals surface area contributed by atoms with Crippen LogP contribution in [0.5, 0.6) is 11.5 Å². The highest BCUT2D eigenvalue weighted by atomic mass is 16.7. The van der Waals surface area contributed by atoms with Gasteiger partial charge in [0, 0.05) is 25.5 Å². The molecule has 1 heterocycles. The van der Waals surface area contributed by atoms with E-state index in [4.69, 9.17) is 14.2 Å². The zero-order chi connectivity index (χ0) is 16.1. The van der Waals surface area contributed by atoms with Crippen molar-refractivity contribution in [3.8, 4) is 11.5 Å². The number of fused-ring (bicyclic) bond motifs is 2. The first-order valence-corrected chi connectivity index (χ1v) is 7.22. The van der Waals surface area contributed by atoms with Crippen LogP contribution < -0.4 is 4.74 Å². The number of hydrogen-bond acceptors (Lipinski definition) is 6. The van der Waals surface area contributed by atoms with E-state index in [1.165, 1.54) is 13.2 Å². The number of methoxy groups -OCH3 is 2. The lowest BCUT2D eigenvalue weighted by atomic mass is 9.69. The molecule has 1 saturated heterocycles. The second-order valence-electron chi connectivity index (χ2n) is 6.04. The molecule has 0 saturated carbocycles. The minimum absolute atomic E-state index is 0.163. The van der Waals surface area contributed by atoms with Crippen LogP contribution in [0.15, 0.2) is 12.1 Å². The summed E-state index contributed by atoms with van der Waals surface area (Å²) in [5.74, 6) is -1.58. The zero-order valence-electron chi connectivity index (χ0n) is 12.8. The predicted octanol–water partition coefficient (Wildman–Crippen LogP) is 1.65. The van der Waals surface area contributed by atoms with Crippen molar-refractivity contribution in [2.45, 2.75) is 25.2 Å². The Labute approximate surface area is 128 Å². The van der Waals surface area contributed by atoms with Gasteiger partial charge in [0.05, 0.1) is 31.3 Å². The normalized spacial score (nSPS) is 34.0. The molecule has 3 rings (SSSR count). The van der Waals surface area contributed by atoms with Crippen LogP contribution in [-0.4, -0.2) is 42.6 Å².